The zero-order chi connectivity index (χ0) is 14.2. The van der Waals surface area contributed by atoms with Gasteiger partial charge in [-0.25, -0.2) is 0 Å². The van der Waals surface area contributed by atoms with Crippen molar-refractivity contribution in [1.29, 1.82) is 0 Å². The third-order valence-corrected chi connectivity index (χ3v) is 4.66. The van der Waals surface area contributed by atoms with Crippen molar-refractivity contribution < 1.29 is 9.47 Å². The molecular formula is C16H24N2O2. The Hall–Kier alpha value is -1.26. The molecule has 2 atom stereocenters. The van der Waals surface area contributed by atoms with Crippen LogP contribution in [0.15, 0.2) is 18.2 Å². The molecule has 0 aromatic heterocycles. The van der Waals surface area contributed by atoms with Crippen molar-refractivity contribution in [3.63, 3.8) is 0 Å². The number of ether oxygens (including phenoxy) is 2. The first-order chi connectivity index (χ1) is 9.62. The van der Waals surface area contributed by atoms with Crippen molar-refractivity contribution in [2.45, 2.75) is 37.3 Å². The Morgan fingerprint density at radius 1 is 1.35 bits per heavy atom. The molecule has 20 heavy (non-hydrogen) atoms. The maximum Gasteiger partial charge on any atom is 0.125 e. The molecule has 0 saturated carbocycles. The normalized spacial score (nSPS) is 30.4. The summed E-state index contributed by atoms with van der Waals surface area (Å²) in [6.45, 7) is 2.23. The number of benzene rings is 1. The van der Waals surface area contributed by atoms with Crippen LogP contribution in [-0.4, -0.2) is 37.7 Å². The molecule has 3 rings (SSSR count). The molecule has 0 bridgehead atoms. The van der Waals surface area contributed by atoms with E-state index < -0.39 is 0 Å². The Labute approximate surface area is 120 Å². The van der Waals surface area contributed by atoms with Gasteiger partial charge in [-0.3, -0.25) is 0 Å². The van der Waals surface area contributed by atoms with E-state index in [1.165, 1.54) is 6.42 Å². The summed E-state index contributed by atoms with van der Waals surface area (Å²) >= 11 is 0. The maximum absolute atomic E-state index is 6.41. The third-order valence-electron chi connectivity index (χ3n) is 4.66. The Bertz CT molecular complexity index is 491. The number of nitrogens with zero attached hydrogens (tertiary/aromatic N) is 1. The lowest BCUT2D eigenvalue weighted by Crippen LogP contribution is -2.43. The summed E-state index contributed by atoms with van der Waals surface area (Å²) in [5, 5.41) is 0. The number of likely N-dealkylation sites (tertiary alicyclic amines) is 1. The highest BCUT2D eigenvalue weighted by molar-refractivity contribution is 5.44. The molecular weight excluding hydrogens is 252 g/mol. The monoisotopic (exact) mass is 276 g/mol. The molecule has 110 valence electrons. The molecule has 1 aromatic carbocycles. The SMILES string of the molecule is COc1ccc2c(c1)C(N)CC1(CCCN(C)CC1)O2. The van der Waals surface area contributed by atoms with Crippen LogP contribution in [-0.2, 0) is 0 Å². The first-order valence-corrected chi connectivity index (χ1v) is 7.43. The van der Waals surface area contributed by atoms with E-state index in [-0.39, 0.29) is 11.6 Å². The van der Waals surface area contributed by atoms with Crippen LogP contribution >= 0.6 is 0 Å². The van der Waals surface area contributed by atoms with E-state index in [1.54, 1.807) is 7.11 Å². The first kappa shape index (κ1) is 13.7. The van der Waals surface area contributed by atoms with Gasteiger partial charge in [-0.05, 0) is 51.1 Å². The van der Waals surface area contributed by atoms with Crippen molar-refractivity contribution >= 4 is 0 Å². The number of hydrogen-bond acceptors (Lipinski definition) is 4. The summed E-state index contributed by atoms with van der Waals surface area (Å²) in [7, 11) is 3.86. The van der Waals surface area contributed by atoms with E-state index in [9.17, 15) is 0 Å². The van der Waals surface area contributed by atoms with Crippen molar-refractivity contribution in [2.24, 2.45) is 5.73 Å². The smallest absolute Gasteiger partial charge is 0.125 e. The van der Waals surface area contributed by atoms with Crippen molar-refractivity contribution in [1.82, 2.24) is 4.90 Å². The van der Waals surface area contributed by atoms with Gasteiger partial charge in [-0.15, -0.1) is 0 Å². The maximum atomic E-state index is 6.41. The number of methoxy groups -OCH3 is 1. The topological polar surface area (TPSA) is 47.7 Å². The fourth-order valence-corrected chi connectivity index (χ4v) is 3.43. The Morgan fingerprint density at radius 2 is 2.20 bits per heavy atom. The van der Waals surface area contributed by atoms with Crippen LogP contribution in [0.2, 0.25) is 0 Å². The van der Waals surface area contributed by atoms with Crippen LogP contribution in [0.3, 0.4) is 0 Å². The Morgan fingerprint density at radius 3 is 3.00 bits per heavy atom. The first-order valence-electron chi connectivity index (χ1n) is 7.43. The zero-order valence-electron chi connectivity index (χ0n) is 12.4. The summed E-state index contributed by atoms with van der Waals surface area (Å²) in [5.74, 6) is 1.79. The molecule has 4 nitrogen and oxygen atoms in total. The molecule has 0 radical (unpaired) electrons. The summed E-state index contributed by atoms with van der Waals surface area (Å²) in [6, 6.07) is 6.00. The molecule has 1 aromatic rings. The molecule has 2 N–H and O–H groups in total. The van der Waals surface area contributed by atoms with Crippen LogP contribution < -0.4 is 15.2 Å². The molecule has 4 heteroatoms. The molecule has 1 spiro atoms. The molecule has 1 saturated heterocycles. The number of fused-ring (bicyclic) bond motifs is 1. The van der Waals surface area contributed by atoms with Gasteiger partial charge in [0.15, 0.2) is 0 Å². The van der Waals surface area contributed by atoms with Gasteiger partial charge in [0.25, 0.3) is 0 Å². The predicted molar refractivity (Wildman–Crippen MR) is 79.2 cm³/mol. The highest BCUT2D eigenvalue weighted by Crippen LogP contribution is 2.44. The van der Waals surface area contributed by atoms with Crippen molar-refractivity contribution in [3.8, 4) is 11.5 Å². The number of rotatable bonds is 1. The quantitative estimate of drug-likeness (QED) is 0.855. The largest absolute Gasteiger partial charge is 0.497 e. The highest BCUT2D eigenvalue weighted by atomic mass is 16.5. The average molecular weight is 276 g/mol. The van der Waals surface area contributed by atoms with E-state index in [2.05, 4.69) is 11.9 Å². The van der Waals surface area contributed by atoms with Gasteiger partial charge >= 0.3 is 0 Å². The third kappa shape index (κ3) is 2.50. The minimum atomic E-state index is -0.0776. The van der Waals surface area contributed by atoms with Crippen molar-refractivity contribution in [2.75, 3.05) is 27.2 Å². The van der Waals surface area contributed by atoms with Crippen LogP contribution in [0.25, 0.3) is 0 Å². The Balaban J connectivity index is 1.88. The second-order valence-electron chi connectivity index (χ2n) is 6.16. The minimum absolute atomic E-state index is 0.0391. The Kier molecular flexibility index (Phi) is 3.61. The van der Waals surface area contributed by atoms with Crippen LogP contribution in [0.4, 0.5) is 0 Å². The fraction of sp³-hybridized carbons (Fsp3) is 0.625. The predicted octanol–water partition coefficient (Wildman–Crippen LogP) is 2.33. The van der Waals surface area contributed by atoms with Crippen LogP contribution in [0, 0.1) is 0 Å². The van der Waals surface area contributed by atoms with Gasteiger partial charge in [0.05, 0.1) is 7.11 Å². The van der Waals surface area contributed by atoms with E-state index in [4.69, 9.17) is 15.2 Å². The molecule has 1 fully saturated rings. The zero-order valence-corrected chi connectivity index (χ0v) is 12.4. The second kappa shape index (κ2) is 5.26. The van der Waals surface area contributed by atoms with Crippen LogP contribution in [0.1, 0.15) is 37.3 Å². The minimum Gasteiger partial charge on any atom is -0.497 e. The standard InChI is InChI=1S/C16H24N2O2/c1-18-8-3-6-16(7-9-18)11-14(17)13-10-12(19-2)4-5-15(13)20-16/h4-5,10,14H,3,6-9,11,17H2,1-2H3. The van der Waals surface area contributed by atoms with E-state index >= 15 is 0 Å². The van der Waals surface area contributed by atoms with E-state index in [0.717, 1.165) is 49.4 Å². The van der Waals surface area contributed by atoms with Gasteiger partial charge < -0.3 is 20.1 Å². The van der Waals surface area contributed by atoms with Gasteiger partial charge in [0.1, 0.15) is 17.1 Å². The van der Waals surface area contributed by atoms with Crippen molar-refractivity contribution in [3.05, 3.63) is 23.8 Å². The average Bonchev–Trinajstić information content (AvgIpc) is 2.61. The summed E-state index contributed by atoms with van der Waals surface area (Å²) in [5.41, 5.74) is 7.41. The lowest BCUT2D eigenvalue weighted by Gasteiger charge is -2.41. The molecule has 2 unspecified atom stereocenters. The van der Waals surface area contributed by atoms with Crippen LogP contribution in [0.5, 0.6) is 11.5 Å². The van der Waals surface area contributed by atoms with Gasteiger partial charge in [0, 0.05) is 24.6 Å². The lowest BCUT2D eigenvalue weighted by atomic mass is 9.82. The number of nitrogens with two attached hydrogens (primary N) is 1. The van der Waals surface area contributed by atoms with E-state index in [0.29, 0.717) is 0 Å². The number of hydrogen-bond donors (Lipinski definition) is 1. The van der Waals surface area contributed by atoms with Gasteiger partial charge in [-0.2, -0.15) is 0 Å². The fourth-order valence-electron chi connectivity index (χ4n) is 3.43. The highest BCUT2D eigenvalue weighted by Gasteiger charge is 2.40. The lowest BCUT2D eigenvalue weighted by molar-refractivity contribution is 0.0222. The van der Waals surface area contributed by atoms with E-state index in [1.807, 2.05) is 18.2 Å². The van der Waals surface area contributed by atoms with Gasteiger partial charge in [0.2, 0.25) is 0 Å². The molecule has 0 amide bonds. The van der Waals surface area contributed by atoms with Gasteiger partial charge in [-0.1, -0.05) is 0 Å². The second-order valence-corrected chi connectivity index (χ2v) is 6.16. The summed E-state index contributed by atoms with van der Waals surface area (Å²) in [4.78, 5) is 2.38. The summed E-state index contributed by atoms with van der Waals surface area (Å²) < 4.78 is 11.7. The molecule has 2 aliphatic heterocycles. The molecule has 2 aliphatic rings. The summed E-state index contributed by atoms with van der Waals surface area (Å²) in [6.07, 6.45) is 4.23. The molecule has 2 heterocycles. The molecule has 0 aliphatic carbocycles.